The lowest BCUT2D eigenvalue weighted by Gasteiger charge is -2.00. The third-order valence-corrected chi connectivity index (χ3v) is 3.96. The molecule has 0 aliphatic heterocycles. The molecule has 0 atom stereocenters. The minimum absolute atomic E-state index is 0.0302. The summed E-state index contributed by atoms with van der Waals surface area (Å²) in [6, 6.07) is 3.87. The maximum absolute atomic E-state index is 13.7. The van der Waals surface area contributed by atoms with Gasteiger partial charge in [0.2, 0.25) is 0 Å². The molecular weight excluding hydrogens is 266 g/mol. The second-order valence-electron chi connectivity index (χ2n) is 4.30. The van der Waals surface area contributed by atoms with Gasteiger partial charge in [0.1, 0.15) is 16.6 Å². The largest absolute Gasteiger partial charge is 0.312 e. The number of hydrogen-bond acceptors (Lipinski definition) is 3. The van der Waals surface area contributed by atoms with Gasteiger partial charge in [0.15, 0.2) is 0 Å². The van der Waals surface area contributed by atoms with Crippen molar-refractivity contribution >= 4 is 11.3 Å². The van der Waals surface area contributed by atoms with Gasteiger partial charge in [-0.2, -0.15) is 0 Å². The molecule has 102 valence electrons. The highest BCUT2D eigenvalue weighted by atomic mass is 32.1. The molecule has 2 aromatic rings. The summed E-state index contributed by atoms with van der Waals surface area (Å²) in [5, 5.41) is 3.67. The average molecular weight is 282 g/mol. The fourth-order valence-corrected chi connectivity index (χ4v) is 2.86. The highest BCUT2D eigenvalue weighted by Crippen LogP contribution is 2.31. The first kappa shape index (κ1) is 14.1. The molecule has 1 heterocycles. The number of nitrogens with one attached hydrogen (secondary N) is 1. The average Bonchev–Trinajstić information content (AvgIpc) is 2.71. The predicted molar refractivity (Wildman–Crippen MR) is 74.2 cm³/mol. The van der Waals surface area contributed by atoms with Crippen molar-refractivity contribution in [3.8, 4) is 10.6 Å². The van der Waals surface area contributed by atoms with E-state index in [2.05, 4.69) is 17.2 Å². The molecule has 0 saturated heterocycles. The summed E-state index contributed by atoms with van der Waals surface area (Å²) in [4.78, 5) is 5.30. The second kappa shape index (κ2) is 6.21. The number of aryl methyl sites for hydroxylation is 1. The van der Waals surface area contributed by atoms with Crippen LogP contribution < -0.4 is 5.32 Å². The van der Waals surface area contributed by atoms with E-state index >= 15 is 0 Å². The Balaban J connectivity index is 2.29. The number of rotatable bonds is 5. The molecule has 0 bridgehead atoms. The van der Waals surface area contributed by atoms with Crippen LogP contribution in [0.2, 0.25) is 0 Å². The van der Waals surface area contributed by atoms with Gasteiger partial charge in [-0.05, 0) is 32.0 Å². The van der Waals surface area contributed by atoms with E-state index < -0.39 is 11.6 Å². The molecule has 5 heteroatoms. The summed E-state index contributed by atoms with van der Waals surface area (Å²) in [6.07, 6.45) is 1.05. The molecule has 1 N–H and O–H groups in total. The maximum atomic E-state index is 13.7. The van der Waals surface area contributed by atoms with Gasteiger partial charge >= 0.3 is 0 Å². The fraction of sp³-hybridized carbons (Fsp3) is 0.357. The van der Waals surface area contributed by atoms with Gasteiger partial charge < -0.3 is 5.32 Å². The molecule has 1 aromatic heterocycles. The van der Waals surface area contributed by atoms with Gasteiger partial charge in [0.05, 0.1) is 11.3 Å². The van der Waals surface area contributed by atoms with E-state index in [1.54, 1.807) is 0 Å². The van der Waals surface area contributed by atoms with E-state index in [0.29, 0.717) is 11.6 Å². The lowest BCUT2D eigenvalue weighted by molar-refractivity contribution is 0.589. The van der Waals surface area contributed by atoms with Crippen molar-refractivity contribution in [1.29, 1.82) is 0 Å². The maximum Gasteiger partial charge on any atom is 0.136 e. The highest BCUT2D eigenvalue weighted by molar-refractivity contribution is 7.15. The van der Waals surface area contributed by atoms with Gasteiger partial charge in [-0.1, -0.05) is 13.0 Å². The van der Waals surface area contributed by atoms with E-state index in [-0.39, 0.29) is 5.56 Å². The molecule has 0 aliphatic rings. The first-order valence-corrected chi connectivity index (χ1v) is 7.06. The molecule has 1 aromatic carbocycles. The molecule has 2 rings (SSSR count). The van der Waals surface area contributed by atoms with Crippen molar-refractivity contribution < 1.29 is 8.78 Å². The number of halogens is 2. The van der Waals surface area contributed by atoms with Crippen LogP contribution in [0.25, 0.3) is 10.6 Å². The van der Waals surface area contributed by atoms with Crippen LogP contribution in [-0.2, 0) is 6.54 Å². The van der Waals surface area contributed by atoms with Crippen molar-refractivity contribution in [2.75, 3.05) is 6.54 Å². The lowest BCUT2D eigenvalue weighted by Crippen LogP contribution is -2.13. The Hall–Kier alpha value is -1.33. The van der Waals surface area contributed by atoms with E-state index in [0.717, 1.165) is 23.5 Å². The zero-order valence-corrected chi connectivity index (χ0v) is 11.8. The van der Waals surface area contributed by atoms with Crippen LogP contribution >= 0.6 is 11.3 Å². The molecule has 2 nitrogen and oxygen atoms in total. The smallest absolute Gasteiger partial charge is 0.136 e. The van der Waals surface area contributed by atoms with Gasteiger partial charge in [-0.3, -0.25) is 0 Å². The van der Waals surface area contributed by atoms with Crippen LogP contribution in [0.1, 0.15) is 23.9 Å². The molecular formula is C14H16F2N2S. The van der Waals surface area contributed by atoms with Gasteiger partial charge in [-0.15, -0.1) is 11.3 Å². The quantitative estimate of drug-likeness (QED) is 0.841. The number of thiazole rings is 1. The Bertz CT molecular complexity index is 546. The monoisotopic (exact) mass is 282 g/mol. The van der Waals surface area contributed by atoms with Crippen LogP contribution in [0.3, 0.4) is 0 Å². The number of aromatic nitrogens is 1. The minimum atomic E-state index is -0.568. The zero-order valence-electron chi connectivity index (χ0n) is 11.0. The van der Waals surface area contributed by atoms with Crippen LogP contribution in [0.15, 0.2) is 18.2 Å². The topological polar surface area (TPSA) is 24.9 Å². The molecule has 0 aliphatic carbocycles. The number of benzene rings is 1. The normalized spacial score (nSPS) is 10.9. The van der Waals surface area contributed by atoms with Crippen LogP contribution in [0.5, 0.6) is 0 Å². The highest BCUT2D eigenvalue weighted by Gasteiger charge is 2.16. The fourth-order valence-electron chi connectivity index (χ4n) is 1.78. The number of hydrogen-bond donors (Lipinski definition) is 1. The molecule has 19 heavy (non-hydrogen) atoms. The number of nitrogens with zero attached hydrogens (tertiary/aromatic N) is 1. The standard InChI is InChI=1S/C14H16F2N2S/c1-3-7-17-8-12-9(2)18-14(19-12)13-10(15)5-4-6-11(13)16/h4-6,17H,3,7-8H2,1-2H3. The van der Waals surface area contributed by atoms with E-state index in [1.807, 2.05) is 6.92 Å². The van der Waals surface area contributed by atoms with Crippen molar-refractivity contribution in [3.05, 3.63) is 40.4 Å². The Labute approximate surface area is 115 Å². The van der Waals surface area contributed by atoms with Crippen molar-refractivity contribution in [1.82, 2.24) is 10.3 Å². The Kier molecular flexibility index (Phi) is 4.61. The molecule has 0 amide bonds. The summed E-state index contributed by atoms with van der Waals surface area (Å²) < 4.78 is 27.4. The van der Waals surface area contributed by atoms with Crippen molar-refractivity contribution in [3.63, 3.8) is 0 Å². The third kappa shape index (κ3) is 3.16. The second-order valence-corrected chi connectivity index (χ2v) is 5.38. The van der Waals surface area contributed by atoms with E-state index in [1.165, 1.54) is 29.5 Å². The summed E-state index contributed by atoms with van der Waals surface area (Å²) in [5.41, 5.74) is 0.795. The molecule has 0 fully saturated rings. The van der Waals surface area contributed by atoms with Crippen LogP contribution in [-0.4, -0.2) is 11.5 Å². The van der Waals surface area contributed by atoms with E-state index in [9.17, 15) is 8.78 Å². The molecule has 0 saturated carbocycles. The Morgan fingerprint density at radius 3 is 2.58 bits per heavy atom. The molecule has 0 unspecified atom stereocenters. The van der Waals surface area contributed by atoms with Gasteiger partial charge in [0, 0.05) is 11.4 Å². The lowest BCUT2D eigenvalue weighted by atomic mass is 10.2. The first-order chi connectivity index (χ1) is 9.13. The Morgan fingerprint density at radius 2 is 1.95 bits per heavy atom. The summed E-state index contributed by atoms with van der Waals surface area (Å²) in [5.74, 6) is -1.14. The third-order valence-electron chi connectivity index (χ3n) is 2.78. The SMILES string of the molecule is CCCNCc1sc(-c2c(F)cccc2F)nc1C. The van der Waals surface area contributed by atoms with E-state index in [4.69, 9.17) is 0 Å². The van der Waals surface area contributed by atoms with Crippen LogP contribution in [0.4, 0.5) is 8.78 Å². The molecule has 0 spiro atoms. The zero-order chi connectivity index (χ0) is 13.8. The van der Waals surface area contributed by atoms with Crippen molar-refractivity contribution in [2.45, 2.75) is 26.8 Å². The predicted octanol–water partition coefficient (Wildman–Crippen LogP) is 3.90. The summed E-state index contributed by atoms with van der Waals surface area (Å²) in [6.45, 7) is 5.56. The summed E-state index contributed by atoms with van der Waals surface area (Å²) >= 11 is 1.34. The minimum Gasteiger partial charge on any atom is -0.312 e. The van der Waals surface area contributed by atoms with Gasteiger partial charge in [-0.25, -0.2) is 13.8 Å². The van der Waals surface area contributed by atoms with Crippen LogP contribution in [0, 0.1) is 18.6 Å². The summed E-state index contributed by atoms with van der Waals surface area (Å²) in [7, 11) is 0. The van der Waals surface area contributed by atoms with Crippen molar-refractivity contribution in [2.24, 2.45) is 0 Å². The Morgan fingerprint density at radius 1 is 1.26 bits per heavy atom. The first-order valence-electron chi connectivity index (χ1n) is 6.25. The molecule has 0 radical (unpaired) electrons. The van der Waals surface area contributed by atoms with Gasteiger partial charge in [0.25, 0.3) is 0 Å².